The van der Waals surface area contributed by atoms with Crippen LogP contribution in [0.5, 0.6) is 5.75 Å². The third kappa shape index (κ3) is 3.19. The van der Waals surface area contributed by atoms with E-state index in [4.69, 9.17) is 9.47 Å². The van der Waals surface area contributed by atoms with E-state index < -0.39 is 0 Å². The molecule has 2 aromatic rings. The number of rotatable bonds is 4. The molecule has 0 saturated carbocycles. The lowest BCUT2D eigenvalue weighted by Gasteiger charge is -2.26. The first kappa shape index (κ1) is 13.6. The minimum Gasteiger partial charge on any atom is -0.495 e. The zero-order chi connectivity index (χ0) is 14.5. The van der Waals surface area contributed by atoms with Crippen LogP contribution in [0.25, 0.3) is 0 Å². The van der Waals surface area contributed by atoms with Crippen molar-refractivity contribution in [2.75, 3.05) is 43.6 Å². The summed E-state index contributed by atoms with van der Waals surface area (Å²) >= 11 is 0. The zero-order valence-electron chi connectivity index (χ0n) is 11.8. The van der Waals surface area contributed by atoms with Gasteiger partial charge in [0.15, 0.2) is 5.82 Å². The lowest BCUT2D eigenvalue weighted by molar-refractivity contribution is 0.122. The number of ether oxygens (including phenoxy) is 2. The second kappa shape index (κ2) is 6.36. The summed E-state index contributed by atoms with van der Waals surface area (Å²) in [5, 5.41) is 11.3. The van der Waals surface area contributed by atoms with Gasteiger partial charge in [-0.3, -0.25) is 0 Å². The maximum absolute atomic E-state index is 5.33. The van der Waals surface area contributed by atoms with Crippen LogP contribution in [0.3, 0.4) is 0 Å². The van der Waals surface area contributed by atoms with Crippen molar-refractivity contribution in [3.05, 3.63) is 30.5 Å². The molecule has 1 aliphatic heterocycles. The minimum atomic E-state index is 0.609. The van der Waals surface area contributed by atoms with Crippen LogP contribution in [-0.2, 0) is 4.74 Å². The summed E-state index contributed by atoms with van der Waals surface area (Å²) in [6, 6.07) is 7.67. The van der Waals surface area contributed by atoms with Crippen LogP contribution < -0.4 is 15.0 Å². The van der Waals surface area contributed by atoms with E-state index in [9.17, 15) is 0 Å². The fourth-order valence-corrected chi connectivity index (χ4v) is 2.14. The standard InChI is InChI=1S/C14H17N5O2/c1-20-12-5-3-2-4-11(12)16-13-10-15-18-14(17-13)19-6-8-21-9-7-19/h2-5,10H,6-9H2,1H3,(H,16,17,18). The second-order valence-corrected chi connectivity index (χ2v) is 4.57. The van der Waals surface area contributed by atoms with E-state index in [0.717, 1.165) is 24.5 Å². The van der Waals surface area contributed by atoms with E-state index in [1.165, 1.54) is 0 Å². The maximum Gasteiger partial charge on any atom is 0.247 e. The van der Waals surface area contributed by atoms with Crippen molar-refractivity contribution in [3.63, 3.8) is 0 Å². The monoisotopic (exact) mass is 287 g/mol. The predicted molar refractivity (Wildman–Crippen MR) is 79.1 cm³/mol. The number of hydrogen-bond donors (Lipinski definition) is 1. The van der Waals surface area contributed by atoms with E-state index >= 15 is 0 Å². The Hall–Kier alpha value is -2.41. The Kier molecular flexibility index (Phi) is 4.11. The van der Waals surface area contributed by atoms with Crippen LogP contribution in [0.4, 0.5) is 17.5 Å². The first-order valence-electron chi connectivity index (χ1n) is 6.79. The normalized spacial score (nSPS) is 14.8. The van der Waals surface area contributed by atoms with Crippen molar-refractivity contribution < 1.29 is 9.47 Å². The molecule has 0 atom stereocenters. The van der Waals surface area contributed by atoms with Crippen molar-refractivity contribution in [1.29, 1.82) is 0 Å². The van der Waals surface area contributed by atoms with Crippen LogP contribution >= 0.6 is 0 Å². The molecule has 0 aliphatic carbocycles. The van der Waals surface area contributed by atoms with E-state index in [2.05, 4.69) is 25.4 Å². The van der Waals surface area contributed by atoms with E-state index in [1.54, 1.807) is 13.3 Å². The third-order valence-electron chi connectivity index (χ3n) is 3.21. The Balaban J connectivity index is 1.79. The van der Waals surface area contributed by atoms with Crippen molar-refractivity contribution >= 4 is 17.5 Å². The summed E-state index contributed by atoms with van der Waals surface area (Å²) in [6.07, 6.45) is 1.59. The van der Waals surface area contributed by atoms with Gasteiger partial charge >= 0.3 is 0 Å². The first-order valence-corrected chi connectivity index (χ1v) is 6.79. The second-order valence-electron chi connectivity index (χ2n) is 4.57. The maximum atomic E-state index is 5.33. The molecule has 7 heteroatoms. The lowest BCUT2D eigenvalue weighted by atomic mass is 10.3. The molecular weight excluding hydrogens is 270 g/mol. The Labute approximate surface area is 122 Å². The zero-order valence-corrected chi connectivity index (χ0v) is 11.8. The van der Waals surface area contributed by atoms with Gasteiger partial charge in [-0.2, -0.15) is 10.1 Å². The van der Waals surface area contributed by atoms with Gasteiger partial charge in [0.1, 0.15) is 5.75 Å². The number of anilines is 3. The summed E-state index contributed by atoms with van der Waals surface area (Å²) in [5.41, 5.74) is 0.841. The highest BCUT2D eigenvalue weighted by Crippen LogP contribution is 2.26. The summed E-state index contributed by atoms with van der Waals surface area (Å²) in [7, 11) is 1.64. The Morgan fingerprint density at radius 2 is 2.05 bits per heavy atom. The Morgan fingerprint density at radius 3 is 2.86 bits per heavy atom. The number of benzene rings is 1. The molecule has 3 rings (SSSR count). The molecule has 0 unspecified atom stereocenters. The molecule has 21 heavy (non-hydrogen) atoms. The predicted octanol–water partition coefficient (Wildman–Crippen LogP) is 1.46. The number of morpholine rings is 1. The molecule has 0 amide bonds. The van der Waals surface area contributed by atoms with Gasteiger partial charge in [-0.1, -0.05) is 12.1 Å². The molecule has 1 N–H and O–H groups in total. The summed E-state index contributed by atoms with van der Waals surface area (Å²) in [6.45, 7) is 2.93. The molecule has 1 saturated heterocycles. The highest BCUT2D eigenvalue weighted by Gasteiger charge is 2.15. The van der Waals surface area contributed by atoms with Crippen LogP contribution in [0.1, 0.15) is 0 Å². The van der Waals surface area contributed by atoms with Crippen LogP contribution in [-0.4, -0.2) is 48.6 Å². The minimum absolute atomic E-state index is 0.609. The summed E-state index contributed by atoms with van der Waals surface area (Å²) in [4.78, 5) is 6.56. The highest BCUT2D eigenvalue weighted by atomic mass is 16.5. The van der Waals surface area contributed by atoms with Gasteiger partial charge in [0.2, 0.25) is 5.95 Å². The summed E-state index contributed by atoms with van der Waals surface area (Å²) < 4.78 is 10.6. The fraction of sp³-hybridized carbons (Fsp3) is 0.357. The van der Waals surface area contributed by atoms with E-state index in [-0.39, 0.29) is 0 Å². The number of aromatic nitrogens is 3. The van der Waals surface area contributed by atoms with Gasteiger partial charge in [-0.05, 0) is 12.1 Å². The SMILES string of the molecule is COc1ccccc1Nc1cnnc(N2CCOCC2)n1. The number of para-hydroxylation sites is 2. The van der Waals surface area contributed by atoms with Crippen molar-refractivity contribution in [1.82, 2.24) is 15.2 Å². The largest absolute Gasteiger partial charge is 0.495 e. The highest BCUT2D eigenvalue weighted by molar-refractivity contribution is 5.63. The lowest BCUT2D eigenvalue weighted by Crippen LogP contribution is -2.37. The molecule has 1 aliphatic rings. The first-order chi connectivity index (χ1) is 10.4. The number of nitrogens with one attached hydrogen (secondary N) is 1. The Morgan fingerprint density at radius 1 is 1.24 bits per heavy atom. The Bertz CT molecular complexity index is 601. The molecule has 110 valence electrons. The number of methoxy groups -OCH3 is 1. The summed E-state index contributed by atoms with van der Waals surface area (Å²) in [5.74, 6) is 2.00. The molecule has 1 fully saturated rings. The molecule has 1 aromatic carbocycles. The van der Waals surface area contributed by atoms with Gasteiger partial charge in [-0.15, -0.1) is 5.10 Å². The van der Waals surface area contributed by atoms with Gasteiger partial charge in [-0.25, -0.2) is 0 Å². The van der Waals surface area contributed by atoms with Crippen molar-refractivity contribution in [2.45, 2.75) is 0 Å². The average molecular weight is 287 g/mol. The molecule has 0 bridgehead atoms. The van der Waals surface area contributed by atoms with Gasteiger partial charge in [0.05, 0.1) is 32.2 Å². The fourth-order valence-electron chi connectivity index (χ4n) is 2.14. The van der Waals surface area contributed by atoms with E-state index in [1.807, 2.05) is 24.3 Å². The van der Waals surface area contributed by atoms with Gasteiger partial charge < -0.3 is 19.7 Å². The molecule has 1 aromatic heterocycles. The molecular formula is C14H17N5O2. The average Bonchev–Trinajstić information content (AvgIpc) is 2.56. The third-order valence-corrected chi connectivity index (χ3v) is 3.21. The smallest absolute Gasteiger partial charge is 0.247 e. The topological polar surface area (TPSA) is 72.4 Å². The molecule has 7 nitrogen and oxygen atoms in total. The van der Waals surface area contributed by atoms with Gasteiger partial charge in [0.25, 0.3) is 0 Å². The molecule has 0 spiro atoms. The quantitative estimate of drug-likeness (QED) is 0.912. The van der Waals surface area contributed by atoms with Crippen LogP contribution in [0.15, 0.2) is 30.5 Å². The number of nitrogens with zero attached hydrogens (tertiary/aromatic N) is 4. The van der Waals surface area contributed by atoms with Gasteiger partial charge in [0, 0.05) is 13.1 Å². The van der Waals surface area contributed by atoms with Crippen LogP contribution in [0.2, 0.25) is 0 Å². The molecule has 0 radical (unpaired) electrons. The van der Waals surface area contributed by atoms with Crippen LogP contribution in [0, 0.1) is 0 Å². The van der Waals surface area contributed by atoms with Crippen molar-refractivity contribution in [3.8, 4) is 5.75 Å². The molecule has 2 heterocycles. The van der Waals surface area contributed by atoms with E-state index in [0.29, 0.717) is 25.0 Å². The number of hydrogen-bond acceptors (Lipinski definition) is 7. The van der Waals surface area contributed by atoms with Crippen molar-refractivity contribution in [2.24, 2.45) is 0 Å².